The molecule has 0 atom stereocenters. The number of nitrogens with two attached hydrogens (primary N) is 1. The highest BCUT2D eigenvalue weighted by molar-refractivity contribution is 6.31. The van der Waals surface area contributed by atoms with Crippen molar-refractivity contribution in [2.75, 3.05) is 5.73 Å². The SMILES string of the molecule is Cc1ccc(-n2cc(C#N)c(N)n2)cc1Cl. The van der Waals surface area contributed by atoms with Crippen LogP contribution in [-0.4, -0.2) is 9.78 Å². The number of halogens is 1. The molecular weight excluding hydrogens is 224 g/mol. The van der Waals surface area contributed by atoms with E-state index >= 15 is 0 Å². The van der Waals surface area contributed by atoms with Crippen LogP contribution in [-0.2, 0) is 0 Å². The maximum Gasteiger partial charge on any atom is 0.163 e. The zero-order chi connectivity index (χ0) is 11.7. The fraction of sp³-hybridized carbons (Fsp3) is 0.0909. The third-order valence-corrected chi connectivity index (χ3v) is 2.69. The van der Waals surface area contributed by atoms with Crippen molar-refractivity contribution < 1.29 is 0 Å². The monoisotopic (exact) mass is 232 g/mol. The average Bonchev–Trinajstić information content (AvgIpc) is 2.64. The van der Waals surface area contributed by atoms with Gasteiger partial charge in [-0.1, -0.05) is 17.7 Å². The predicted molar refractivity (Wildman–Crippen MR) is 62.4 cm³/mol. The van der Waals surface area contributed by atoms with Gasteiger partial charge in [0.15, 0.2) is 5.82 Å². The number of aromatic nitrogens is 2. The Morgan fingerprint density at radius 3 is 2.81 bits per heavy atom. The molecule has 0 amide bonds. The van der Waals surface area contributed by atoms with Gasteiger partial charge < -0.3 is 5.73 Å². The Morgan fingerprint density at radius 1 is 1.50 bits per heavy atom. The molecule has 2 rings (SSSR count). The summed E-state index contributed by atoms with van der Waals surface area (Å²) in [6, 6.07) is 7.51. The summed E-state index contributed by atoms with van der Waals surface area (Å²) in [7, 11) is 0. The molecular formula is C11H9ClN4. The van der Waals surface area contributed by atoms with Crippen molar-refractivity contribution in [2.45, 2.75) is 6.92 Å². The molecule has 0 fully saturated rings. The summed E-state index contributed by atoms with van der Waals surface area (Å²) in [5.41, 5.74) is 7.70. The van der Waals surface area contributed by atoms with E-state index in [-0.39, 0.29) is 5.82 Å². The average molecular weight is 233 g/mol. The Morgan fingerprint density at radius 2 is 2.25 bits per heavy atom. The number of rotatable bonds is 1. The van der Waals surface area contributed by atoms with Gasteiger partial charge in [-0.2, -0.15) is 5.26 Å². The second-order valence-electron chi connectivity index (χ2n) is 3.42. The maximum absolute atomic E-state index is 8.77. The summed E-state index contributed by atoms with van der Waals surface area (Å²) in [5, 5.41) is 13.5. The second-order valence-corrected chi connectivity index (χ2v) is 3.83. The van der Waals surface area contributed by atoms with Gasteiger partial charge in [-0.3, -0.25) is 0 Å². The van der Waals surface area contributed by atoms with Gasteiger partial charge in [0.25, 0.3) is 0 Å². The van der Waals surface area contributed by atoms with E-state index in [4.69, 9.17) is 22.6 Å². The van der Waals surface area contributed by atoms with Gasteiger partial charge in [0.1, 0.15) is 11.6 Å². The zero-order valence-electron chi connectivity index (χ0n) is 8.61. The number of nitrogens with zero attached hydrogens (tertiary/aromatic N) is 3. The number of nitriles is 1. The molecule has 0 aliphatic heterocycles. The first-order valence-electron chi connectivity index (χ1n) is 4.63. The quantitative estimate of drug-likeness (QED) is 0.820. The predicted octanol–water partition coefficient (Wildman–Crippen LogP) is 2.29. The minimum atomic E-state index is 0.221. The van der Waals surface area contributed by atoms with E-state index in [0.29, 0.717) is 10.6 Å². The van der Waals surface area contributed by atoms with Gasteiger partial charge in [-0.05, 0) is 24.6 Å². The molecule has 0 bridgehead atoms. The molecule has 16 heavy (non-hydrogen) atoms. The van der Waals surface area contributed by atoms with Gasteiger partial charge >= 0.3 is 0 Å². The summed E-state index contributed by atoms with van der Waals surface area (Å²) in [6.07, 6.45) is 1.58. The Balaban J connectivity index is 2.51. The van der Waals surface area contributed by atoms with Crippen molar-refractivity contribution in [3.05, 3.63) is 40.5 Å². The van der Waals surface area contributed by atoms with Crippen molar-refractivity contribution in [2.24, 2.45) is 0 Å². The van der Waals surface area contributed by atoms with Crippen LogP contribution in [0.25, 0.3) is 5.69 Å². The van der Waals surface area contributed by atoms with Crippen molar-refractivity contribution in [1.29, 1.82) is 5.26 Å². The Labute approximate surface area is 97.9 Å². The fourth-order valence-corrected chi connectivity index (χ4v) is 1.50. The molecule has 0 radical (unpaired) electrons. The van der Waals surface area contributed by atoms with Gasteiger partial charge in [-0.15, -0.1) is 5.10 Å². The molecule has 0 aliphatic rings. The van der Waals surface area contributed by atoms with E-state index in [1.54, 1.807) is 16.9 Å². The van der Waals surface area contributed by atoms with Crippen molar-refractivity contribution in [3.63, 3.8) is 0 Å². The first kappa shape index (κ1) is 10.5. The molecule has 1 aromatic heterocycles. The van der Waals surface area contributed by atoms with Crippen molar-refractivity contribution in [1.82, 2.24) is 9.78 Å². The smallest absolute Gasteiger partial charge is 0.163 e. The van der Waals surface area contributed by atoms with Crippen LogP contribution in [0.3, 0.4) is 0 Å². The lowest BCUT2D eigenvalue weighted by atomic mass is 10.2. The lowest BCUT2D eigenvalue weighted by Crippen LogP contribution is -1.96. The molecule has 4 nitrogen and oxygen atoms in total. The molecule has 1 heterocycles. The number of aryl methyl sites for hydroxylation is 1. The Kier molecular flexibility index (Phi) is 2.55. The number of anilines is 1. The van der Waals surface area contributed by atoms with E-state index in [2.05, 4.69) is 5.10 Å². The minimum absolute atomic E-state index is 0.221. The van der Waals surface area contributed by atoms with Crippen LogP contribution in [0.5, 0.6) is 0 Å². The van der Waals surface area contributed by atoms with E-state index in [9.17, 15) is 0 Å². The third kappa shape index (κ3) is 1.73. The Bertz CT molecular complexity index is 580. The normalized spacial score (nSPS) is 10.1. The lowest BCUT2D eigenvalue weighted by Gasteiger charge is -2.03. The highest BCUT2D eigenvalue weighted by atomic mass is 35.5. The fourth-order valence-electron chi connectivity index (χ4n) is 1.33. The molecule has 2 aromatic rings. The maximum atomic E-state index is 8.77. The number of hydrogen-bond donors (Lipinski definition) is 1. The van der Waals surface area contributed by atoms with Crippen LogP contribution in [0.4, 0.5) is 5.82 Å². The number of hydrogen-bond acceptors (Lipinski definition) is 3. The zero-order valence-corrected chi connectivity index (χ0v) is 9.36. The molecule has 0 spiro atoms. The van der Waals surface area contributed by atoms with Crippen molar-refractivity contribution >= 4 is 17.4 Å². The second kappa shape index (κ2) is 3.87. The van der Waals surface area contributed by atoms with E-state index < -0.39 is 0 Å². The first-order valence-corrected chi connectivity index (χ1v) is 5.01. The van der Waals surface area contributed by atoms with Crippen LogP contribution in [0.1, 0.15) is 11.1 Å². The molecule has 80 valence electrons. The number of nitrogen functional groups attached to an aromatic ring is 1. The summed E-state index contributed by atoms with van der Waals surface area (Å²) < 4.78 is 1.54. The molecule has 0 unspecified atom stereocenters. The topological polar surface area (TPSA) is 67.6 Å². The Hall–Kier alpha value is -1.99. The highest BCUT2D eigenvalue weighted by Gasteiger charge is 2.07. The molecule has 0 saturated heterocycles. The van der Waals surface area contributed by atoms with E-state index in [0.717, 1.165) is 11.3 Å². The van der Waals surface area contributed by atoms with Crippen LogP contribution in [0.15, 0.2) is 24.4 Å². The third-order valence-electron chi connectivity index (χ3n) is 2.28. The molecule has 2 N–H and O–H groups in total. The van der Waals surface area contributed by atoms with Crippen LogP contribution in [0.2, 0.25) is 5.02 Å². The highest BCUT2D eigenvalue weighted by Crippen LogP contribution is 2.20. The summed E-state index contributed by atoms with van der Waals surface area (Å²) >= 11 is 6.01. The molecule has 0 saturated carbocycles. The lowest BCUT2D eigenvalue weighted by molar-refractivity contribution is 0.885. The van der Waals surface area contributed by atoms with Gasteiger partial charge in [-0.25, -0.2) is 4.68 Å². The largest absolute Gasteiger partial charge is 0.381 e. The molecule has 0 aliphatic carbocycles. The van der Waals surface area contributed by atoms with E-state index in [1.165, 1.54) is 0 Å². The first-order chi connectivity index (χ1) is 7.61. The summed E-state index contributed by atoms with van der Waals surface area (Å²) in [4.78, 5) is 0. The molecule has 5 heteroatoms. The standard InChI is InChI=1S/C11H9ClN4/c1-7-2-3-9(4-10(7)12)16-6-8(5-13)11(14)15-16/h2-4,6H,1H3,(H2,14,15). The van der Waals surface area contributed by atoms with Gasteiger partial charge in [0.05, 0.1) is 11.9 Å². The van der Waals surface area contributed by atoms with Crippen LogP contribution in [0, 0.1) is 18.3 Å². The van der Waals surface area contributed by atoms with Crippen molar-refractivity contribution in [3.8, 4) is 11.8 Å². The van der Waals surface area contributed by atoms with Crippen LogP contribution >= 0.6 is 11.6 Å². The summed E-state index contributed by atoms with van der Waals surface area (Å²) in [5.74, 6) is 0.221. The number of benzene rings is 1. The summed E-state index contributed by atoms with van der Waals surface area (Å²) in [6.45, 7) is 1.92. The minimum Gasteiger partial charge on any atom is -0.381 e. The van der Waals surface area contributed by atoms with Gasteiger partial charge in [0, 0.05) is 5.02 Å². The van der Waals surface area contributed by atoms with Gasteiger partial charge in [0.2, 0.25) is 0 Å². The van der Waals surface area contributed by atoms with E-state index in [1.807, 2.05) is 25.1 Å². The molecule has 1 aromatic carbocycles. The van der Waals surface area contributed by atoms with Crippen LogP contribution < -0.4 is 5.73 Å².